The Labute approximate surface area is 104 Å². The third kappa shape index (κ3) is 1.95. The summed E-state index contributed by atoms with van der Waals surface area (Å²) in [5.41, 5.74) is 0.544. The van der Waals surface area contributed by atoms with Crippen LogP contribution >= 0.6 is 0 Å². The molecule has 0 bridgehead atoms. The second kappa shape index (κ2) is 4.52. The third-order valence-corrected chi connectivity index (χ3v) is 2.83. The Morgan fingerprint density at radius 2 is 1.89 bits per heavy atom. The molecule has 5 heteroatoms. The first-order chi connectivity index (χ1) is 8.54. The van der Waals surface area contributed by atoms with Crippen LogP contribution in [0, 0.1) is 0 Å². The third-order valence-electron chi connectivity index (χ3n) is 2.83. The number of aromatic nitrogens is 2. The number of methoxy groups -OCH3 is 1. The number of benzene rings is 1. The fourth-order valence-corrected chi connectivity index (χ4v) is 1.80. The van der Waals surface area contributed by atoms with E-state index < -0.39 is 0 Å². The fraction of sp³-hybridized carbons (Fsp3) is 0.231. The lowest BCUT2D eigenvalue weighted by molar-refractivity contribution is 0.415. The van der Waals surface area contributed by atoms with E-state index in [0.29, 0.717) is 11.3 Å². The molecule has 0 spiro atoms. The maximum Gasteiger partial charge on any atom is 0.330 e. The highest BCUT2D eigenvalue weighted by Crippen LogP contribution is 2.20. The lowest BCUT2D eigenvalue weighted by atomic mass is 10.1. The van der Waals surface area contributed by atoms with Crippen LogP contribution in [0.15, 0.2) is 40.1 Å². The predicted octanol–water partition coefficient (Wildman–Crippen LogP) is 0.760. The van der Waals surface area contributed by atoms with Crippen molar-refractivity contribution < 1.29 is 4.74 Å². The van der Waals surface area contributed by atoms with Crippen molar-refractivity contribution in [3.05, 3.63) is 51.3 Å². The van der Waals surface area contributed by atoms with E-state index >= 15 is 0 Å². The molecule has 0 N–H and O–H groups in total. The van der Waals surface area contributed by atoms with Crippen LogP contribution in [-0.4, -0.2) is 16.2 Å². The van der Waals surface area contributed by atoms with Crippen LogP contribution in [0.2, 0.25) is 0 Å². The minimum Gasteiger partial charge on any atom is -0.497 e. The Morgan fingerprint density at radius 3 is 2.56 bits per heavy atom. The van der Waals surface area contributed by atoms with Crippen LogP contribution in [0.4, 0.5) is 0 Å². The normalized spacial score (nSPS) is 10.4. The summed E-state index contributed by atoms with van der Waals surface area (Å²) in [6.45, 7) is 0. The number of ether oxygens (including phenoxy) is 1. The predicted molar refractivity (Wildman–Crippen MR) is 68.9 cm³/mol. The SMILES string of the molecule is COc1cccc(-c2cn(C)c(=O)n(C)c2=O)c1. The maximum absolute atomic E-state index is 12.1. The summed E-state index contributed by atoms with van der Waals surface area (Å²) in [5.74, 6) is 0.670. The molecular formula is C13H14N2O3. The molecule has 0 aliphatic heterocycles. The summed E-state index contributed by atoms with van der Waals surface area (Å²) in [6.07, 6.45) is 1.54. The highest BCUT2D eigenvalue weighted by Gasteiger charge is 2.09. The Bertz CT molecular complexity index is 698. The summed E-state index contributed by atoms with van der Waals surface area (Å²) < 4.78 is 7.60. The first kappa shape index (κ1) is 12.2. The van der Waals surface area contributed by atoms with Gasteiger partial charge in [0.15, 0.2) is 0 Å². The first-order valence-corrected chi connectivity index (χ1v) is 5.45. The topological polar surface area (TPSA) is 53.2 Å². The van der Waals surface area contributed by atoms with Crippen molar-refractivity contribution in [3.8, 4) is 16.9 Å². The molecule has 0 unspecified atom stereocenters. The number of hydrogen-bond donors (Lipinski definition) is 0. The molecule has 0 aliphatic rings. The van der Waals surface area contributed by atoms with Gasteiger partial charge in [0.05, 0.1) is 12.7 Å². The van der Waals surface area contributed by atoms with Gasteiger partial charge < -0.3 is 9.30 Å². The Hall–Kier alpha value is -2.30. The molecule has 0 aliphatic carbocycles. The van der Waals surface area contributed by atoms with Gasteiger partial charge >= 0.3 is 5.69 Å². The van der Waals surface area contributed by atoms with Crippen molar-refractivity contribution in [2.45, 2.75) is 0 Å². The van der Waals surface area contributed by atoms with Crippen LogP contribution in [0.25, 0.3) is 11.1 Å². The summed E-state index contributed by atoms with van der Waals surface area (Å²) in [6, 6.07) is 7.18. The van der Waals surface area contributed by atoms with Gasteiger partial charge in [-0.15, -0.1) is 0 Å². The van der Waals surface area contributed by atoms with Crippen molar-refractivity contribution in [1.29, 1.82) is 0 Å². The van der Waals surface area contributed by atoms with Crippen molar-refractivity contribution in [2.24, 2.45) is 14.1 Å². The summed E-state index contributed by atoms with van der Waals surface area (Å²) in [5, 5.41) is 0. The molecule has 1 aromatic heterocycles. The van der Waals surface area contributed by atoms with Crippen molar-refractivity contribution >= 4 is 0 Å². The molecular weight excluding hydrogens is 232 g/mol. The van der Waals surface area contributed by atoms with Gasteiger partial charge in [0.25, 0.3) is 5.56 Å². The molecule has 94 valence electrons. The Balaban J connectivity index is 2.72. The van der Waals surface area contributed by atoms with Crippen LogP contribution in [0.5, 0.6) is 5.75 Å². The van der Waals surface area contributed by atoms with Gasteiger partial charge in [0.1, 0.15) is 5.75 Å². The Kier molecular flexibility index (Phi) is 3.06. The van der Waals surface area contributed by atoms with Gasteiger partial charge in [-0.05, 0) is 17.7 Å². The zero-order chi connectivity index (χ0) is 13.3. The average Bonchev–Trinajstić information content (AvgIpc) is 2.40. The summed E-state index contributed by atoms with van der Waals surface area (Å²) >= 11 is 0. The molecule has 1 aromatic carbocycles. The molecule has 0 saturated carbocycles. The lowest BCUT2D eigenvalue weighted by Crippen LogP contribution is -2.37. The van der Waals surface area contributed by atoms with Gasteiger partial charge in [-0.2, -0.15) is 0 Å². The molecule has 0 amide bonds. The Morgan fingerprint density at radius 1 is 1.17 bits per heavy atom. The van der Waals surface area contributed by atoms with Gasteiger partial charge in [0.2, 0.25) is 0 Å². The quantitative estimate of drug-likeness (QED) is 0.786. The van der Waals surface area contributed by atoms with E-state index in [4.69, 9.17) is 4.74 Å². The van der Waals surface area contributed by atoms with Crippen LogP contribution in [0.3, 0.4) is 0 Å². The molecule has 2 rings (SSSR count). The molecule has 0 radical (unpaired) electrons. The lowest BCUT2D eigenvalue weighted by Gasteiger charge is -2.08. The monoisotopic (exact) mass is 246 g/mol. The number of rotatable bonds is 2. The van der Waals surface area contributed by atoms with Gasteiger partial charge in [0, 0.05) is 20.3 Å². The highest BCUT2D eigenvalue weighted by atomic mass is 16.5. The smallest absolute Gasteiger partial charge is 0.330 e. The van der Waals surface area contributed by atoms with Gasteiger partial charge in [-0.25, -0.2) is 4.79 Å². The van der Waals surface area contributed by atoms with Gasteiger partial charge in [-0.3, -0.25) is 9.36 Å². The second-order valence-corrected chi connectivity index (χ2v) is 4.03. The van der Waals surface area contributed by atoms with E-state index in [1.165, 1.54) is 11.6 Å². The molecule has 0 fully saturated rings. The van der Waals surface area contributed by atoms with Crippen molar-refractivity contribution in [2.75, 3.05) is 7.11 Å². The van der Waals surface area contributed by atoms with Crippen molar-refractivity contribution in [3.63, 3.8) is 0 Å². The van der Waals surface area contributed by atoms with E-state index in [2.05, 4.69) is 0 Å². The van der Waals surface area contributed by atoms with E-state index in [-0.39, 0.29) is 11.2 Å². The summed E-state index contributed by atoms with van der Waals surface area (Å²) in [4.78, 5) is 23.6. The molecule has 2 aromatic rings. The minimum atomic E-state index is -0.341. The molecule has 5 nitrogen and oxygen atoms in total. The largest absolute Gasteiger partial charge is 0.497 e. The van der Waals surface area contributed by atoms with Crippen molar-refractivity contribution in [1.82, 2.24) is 9.13 Å². The summed E-state index contributed by atoms with van der Waals surface area (Å²) in [7, 11) is 4.65. The number of aryl methyl sites for hydroxylation is 1. The van der Waals surface area contributed by atoms with E-state index in [1.54, 1.807) is 38.6 Å². The molecule has 18 heavy (non-hydrogen) atoms. The minimum absolute atomic E-state index is 0.314. The average molecular weight is 246 g/mol. The van der Waals surface area contributed by atoms with Gasteiger partial charge in [-0.1, -0.05) is 12.1 Å². The molecule has 0 atom stereocenters. The van der Waals surface area contributed by atoms with E-state index in [0.717, 1.165) is 10.1 Å². The molecule has 1 heterocycles. The number of nitrogens with zero attached hydrogens (tertiary/aromatic N) is 2. The van der Waals surface area contributed by atoms with Crippen LogP contribution < -0.4 is 16.0 Å². The highest BCUT2D eigenvalue weighted by molar-refractivity contribution is 5.63. The van der Waals surface area contributed by atoms with E-state index in [9.17, 15) is 9.59 Å². The fourth-order valence-electron chi connectivity index (χ4n) is 1.80. The maximum atomic E-state index is 12.1. The van der Waals surface area contributed by atoms with Crippen LogP contribution in [-0.2, 0) is 14.1 Å². The molecule has 0 saturated heterocycles. The zero-order valence-electron chi connectivity index (χ0n) is 10.5. The first-order valence-electron chi connectivity index (χ1n) is 5.45. The zero-order valence-corrected chi connectivity index (χ0v) is 10.5. The standard InChI is InChI=1S/C13H14N2O3/c1-14-8-11(12(16)15(2)13(14)17)9-5-4-6-10(7-9)18-3/h4-8H,1-3H3. The van der Waals surface area contributed by atoms with Crippen LogP contribution in [0.1, 0.15) is 0 Å². The second-order valence-electron chi connectivity index (χ2n) is 4.03. The van der Waals surface area contributed by atoms with E-state index in [1.807, 2.05) is 6.07 Å². The number of hydrogen-bond acceptors (Lipinski definition) is 3.